The molecule has 0 atom stereocenters. The van der Waals surface area contributed by atoms with Crippen molar-refractivity contribution in [2.75, 3.05) is 5.73 Å². The summed E-state index contributed by atoms with van der Waals surface area (Å²) in [5.41, 5.74) is 5.85. The van der Waals surface area contributed by atoms with Crippen LogP contribution in [-0.4, -0.2) is 20.0 Å². The summed E-state index contributed by atoms with van der Waals surface area (Å²) in [6, 6.07) is 2.75. The van der Waals surface area contributed by atoms with Gasteiger partial charge in [0.05, 0.1) is 4.21 Å². The summed E-state index contributed by atoms with van der Waals surface area (Å²) in [6.07, 6.45) is 0. The second kappa shape index (κ2) is 5.30. The van der Waals surface area contributed by atoms with E-state index in [9.17, 15) is 4.57 Å². The lowest BCUT2D eigenvalue weighted by Crippen LogP contribution is -1.98. The number of nitrogens with zero attached hydrogens (tertiary/aromatic N) is 1. The normalized spacial score (nSPS) is 12.3. The molecule has 0 fully saturated rings. The topological polar surface area (TPSA) is 110 Å². The molecule has 6 nitrogen and oxygen atoms in total. The van der Waals surface area contributed by atoms with Crippen molar-refractivity contribution in [2.45, 2.75) is 23.3 Å². The third-order valence-corrected chi connectivity index (χ3v) is 4.98. The van der Waals surface area contributed by atoms with Crippen LogP contribution in [-0.2, 0) is 4.57 Å². The fraction of sp³-hybridized carbons (Fsp3) is 0.300. The van der Waals surface area contributed by atoms with Gasteiger partial charge in [0.2, 0.25) is 5.50 Å². The first kappa shape index (κ1) is 14.6. The van der Waals surface area contributed by atoms with Crippen molar-refractivity contribution in [1.29, 1.82) is 0 Å². The number of thioether (sulfide) groups is 1. The van der Waals surface area contributed by atoms with Crippen molar-refractivity contribution >= 4 is 41.3 Å². The molecule has 0 saturated heterocycles. The van der Waals surface area contributed by atoms with Gasteiger partial charge in [0, 0.05) is 5.25 Å². The summed E-state index contributed by atoms with van der Waals surface area (Å²) in [4.78, 5) is 22.2. The second-order valence-corrected chi connectivity index (χ2v) is 8.44. The summed E-state index contributed by atoms with van der Waals surface area (Å²) >= 11 is 2.91. The van der Waals surface area contributed by atoms with Crippen LogP contribution in [0.5, 0.6) is 0 Å². The predicted octanol–water partition coefficient (Wildman–Crippen LogP) is 2.29. The van der Waals surface area contributed by atoms with Gasteiger partial charge in [-0.2, -0.15) is 0 Å². The fourth-order valence-electron chi connectivity index (χ4n) is 1.38. The molecule has 2 heterocycles. The predicted molar refractivity (Wildman–Crippen MR) is 76.9 cm³/mol. The Labute approximate surface area is 118 Å². The smallest absolute Gasteiger partial charge is 0.391 e. The van der Waals surface area contributed by atoms with Gasteiger partial charge in [0.25, 0.3) is 0 Å². The molecule has 0 unspecified atom stereocenters. The number of hydrogen-bond donors (Lipinski definition) is 3. The zero-order chi connectivity index (χ0) is 14.2. The minimum absolute atomic E-state index is 0.314. The average molecular weight is 320 g/mol. The molecule has 2 aromatic rings. The third kappa shape index (κ3) is 3.40. The Morgan fingerprint density at radius 3 is 2.68 bits per heavy atom. The van der Waals surface area contributed by atoms with Crippen molar-refractivity contribution in [2.24, 2.45) is 0 Å². The molecule has 19 heavy (non-hydrogen) atoms. The Morgan fingerprint density at radius 2 is 2.16 bits per heavy atom. The van der Waals surface area contributed by atoms with Crippen LogP contribution in [0.25, 0.3) is 11.5 Å². The largest absolute Gasteiger partial charge is 0.446 e. The van der Waals surface area contributed by atoms with Gasteiger partial charge in [-0.1, -0.05) is 25.2 Å². The van der Waals surface area contributed by atoms with Crippen LogP contribution in [0.15, 0.2) is 20.8 Å². The Hall–Kier alpha value is -0.790. The van der Waals surface area contributed by atoms with Crippen molar-refractivity contribution in [3.63, 3.8) is 0 Å². The van der Waals surface area contributed by atoms with Crippen LogP contribution in [0, 0.1) is 0 Å². The van der Waals surface area contributed by atoms with E-state index in [1.807, 2.05) is 13.8 Å². The van der Waals surface area contributed by atoms with Gasteiger partial charge in [-0.25, -0.2) is 4.98 Å². The summed E-state index contributed by atoms with van der Waals surface area (Å²) < 4.78 is 17.2. The molecule has 9 heteroatoms. The number of nitrogens with two attached hydrogens (primary N) is 1. The highest BCUT2D eigenvalue weighted by molar-refractivity contribution is 8.01. The minimum atomic E-state index is -4.38. The Morgan fingerprint density at radius 1 is 1.47 bits per heavy atom. The fourth-order valence-corrected chi connectivity index (χ4v) is 4.15. The van der Waals surface area contributed by atoms with Crippen molar-refractivity contribution in [3.05, 3.63) is 12.1 Å². The van der Waals surface area contributed by atoms with E-state index in [1.165, 1.54) is 23.5 Å². The molecule has 104 valence electrons. The van der Waals surface area contributed by atoms with Gasteiger partial charge in [-0.05, 0) is 12.1 Å². The quantitative estimate of drug-likeness (QED) is 0.585. The molecule has 0 spiro atoms. The highest BCUT2D eigenvalue weighted by Gasteiger charge is 2.24. The first-order valence-corrected chi connectivity index (χ1v) is 8.67. The summed E-state index contributed by atoms with van der Waals surface area (Å²) in [5, 5.41) is 0.738. The number of hydrogen-bond acceptors (Lipinski definition) is 6. The SMILES string of the molecule is CC(C)Sc1sc(N)nc1-c1ccc(P(=O)(O)O)o1. The van der Waals surface area contributed by atoms with Crippen LogP contribution in [0.3, 0.4) is 0 Å². The van der Waals surface area contributed by atoms with Crippen LogP contribution in [0.1, 0.15) is 13.8 Å². The molecule has 0 aliphatic heterocycles. The van der Waals surface area contributed by atoms with E-state index in [4.69, 9.17) is 19.9 Å². The maximum Gasteiger partial charge on any atom is 0.391 e. The van der Waals surface area contributed by atoms with Gasteiger partial charge in [0.1, 0.15) is 5.69 Å². The molecule has 0 aromatic carbocycles. The lowest BCUT2D eigenvalue weighted by molar-refractivity contribution is 0.377. The molecule has 0 bridgehead atoms. The zero-order valence-electron chi connectivity index (χ0n) is 10.2. The first-order chi connectivity index (χ1) is 8.77. The lowest BCUT2D eigenvalue weighted by atomic mass is 10.4. The van der Waals surface area contributed by atoms with E-state index >= 15 is 0 Å². The number of furan rings is 1. The lowest BCUT2D eigenvalue weighted by Gasteiger charge is -2.03. The van der Waals surface area contributed by atoms with Crippen LogP contribution in [0.4, 0.5) is 5.13 Å². The number of anilines is 1. The van der Waals surface area contributed by atoms with E-state index in [2.05, 4.69) is 4.98 Å². The highest BCUT2D eigenvalue weighted by Crippen LogP contribution is 2.41. The van der Waals surface area contributed by atoms with E-state index in [0.717, 1.165) is 4.21 Å². The van der Waals surface area contributed by atoms with Gasteiger partial charge in [0.15, 0.2) is 10.9 Å². The van der Waals surface area contributed by atoms with Crippen molar-refractivity contribution < 1.29 is 18.8 Å². The molecule has 0 aliphatic rings. The van der Waals surface area contributed by atoms with Gasteiger partial charge < -0.3 is 19.9 Å². The van der Waals surface area contributed by atoms with E-state index in [0.29, 0.717) is 21.8 Å². The van der Waals surface area contributed by atoms with Crippen LogP contribution >= 0.6 is 30.7 Å². The number of aromatic nitrogens is 1. The molecule has 2 rings (SSSR count). The standard InChI is InChI=1S/C10H13N2O4PS2/c1-5(2)18-9-8(12-10(11)19-9)6-3-4-7(16-6)17(13,14)15/h3-5H,1-2H3,(H2,11,12)(H2,13,14,15). The number of nitrogen functional groups attached to an aromatic ring is 1. The number of thiazole rings is 1. The van der Waals surface area contributed by atoms with Gasteiger partial charge >= 0.3 is 7.60 Å². The zero-order valence-corrected chi connectivity index (χ0v) is 12.8. The van der Waals surface area contributed by atoms with Gasteiger partial charge in [-0.3, -0.25) is 4.57 Å². The van der Waals surface area contributed by atoms with E-state index < -0.39 is 7.60 Å². The number of rotatable bonds is 4. The first-order valence-electron chi connectivity index (χ1n) is 5.36. The molecule has 4 N–H and O–H groups in total. The molecule has 0 aliphatic carbocycles. The molecular formula is C10H13N2O4PS2. The molecular weight excluding hydrogens is 307 g/mol. The van der Waals surface area contributed by atoms with Crippen molar-refractivity contribution in [1.82, 2.24) is 4.98 Å². The highest BCUT2D eigenvalue weighted by atomic mass is 32.2. The van der Waals surface area contributed by atoms with E-state index in [1.54, 1.807) is 11.8 Å². The molecule has 2 aromatic heterocycles. The molecule has 0 radical (unpaired) electrons. The second-order valence-electron chi connectivity index (χ2n) is 4.04. The maximum atomic E-state index is 11.1. The average Bonchev–Trinajstić information content (AvgIpc) is 2.82. The van der Waals surface area contributed by atoms with Gasteiger partial charge in [-0.15, -0.1) is 11.8 Å². The minimum Gasteiger partial charge on any atom is -0.446 e. The third-order valence-electron chi connectivity index (χ3n) is 2.07. The summed E-state index contributed by atoms with van der Waals surface area (Å²) in [5.74, 6) is 0.314. The monoisotopic (exact) mass is 320 g/mol. The van der Waals surface area contributed by atoms with Crippen LogP contribution < -0.4 is 11.2 Å². The summed E-state index contributed by atoms with van der Waals surface area (Å²) in [7, 11) is -4.38. The summed E-state index contributed by atoms with van der Waals surface area (Å²) in [6.45, 7) is 4.07. The van der Waals surface area contributed by atoms with E-state index in [-0.39, 0.29) is 5.50 Å². The Balaban J connectivity index is 2.41. The molecule has 0 saturated carbocycles. The van der Waals surface area contributed by atoms with Crippen LogP contribution in [0.2, 0.25) is 0 Å². The Bertz CT molecular complexity index is 631. The Kier molecular flexibility index (Phi) is 4.08. The maximum absolute atomic E-state index is 11.1. The molecule has 0 amide bonds. The van der Waals surface area contributed by atoms with Crippen molar-refractivity contribution in [3.8, 4) is 11.5 Å².